The van der Waals surface area contributed by atoms with Crippen molar-refractivity contribution < 1.29 is 24.1 Å². The van der Waals surface area contributed by atoms with Gasteiger partial charge >= 0.3 is 5.97 Å². The second kappa shape index (κ2) is 20.0. The molecule has 4 rings (SSSR count). The van der Waals surface area contributed by atoms with Gasteiger partial charge in [0.25, 0.3) is 0 Å². The van der Waals surface area contributed by atoms with Gasteiger partial charge in [-0.3, -0.25) is 9.97 Å². The van der Waals surface area contributed by atoms with Crippen molar-refractivity contribution in [2.75, 3.05) is 26.4 Å². The first-order valence-electron chi connectivity index (χ1n) is 18.0. The zero-order valence-corrected chi connectivity index (χ0v) is 30.3. The largest absolute Gasteiger partial charge is 0.494 e. The zero-order valence-electron chi connectivity index (χ0n) is 30.3. The van der Waals surface area contributed by atoms with E-state index in [0.717, 1.165) is 59.4 Å². The molecule has 0 bridgehead atoms. The number of hydrogen-bond acceptors (Lipinski definition) is 9. The molecule has 9 nitrogen and oxygen atoms in total. The average Bonchev–Trinajstić information content (AvgIpc) is 3.11. The van der Waals surface area contributed by atoms with E-state index < -0.39 is 17.0 Å². The van der Waals surface area contributed by atoms with Crippen LogP contribution < -0.4 is 20.9 Å². The Morgan fingerprint density at radius 3 is 1.61 bits per heavy atom. The first kappa shape index (κ1) is 39.6. The predicted octanol–water partition coefficient (Wildman–Crippen LogP) is 8.07. The fourth-order valence-corrected chi connectivity index (χ4v) is 5.25. The molecule has 0 aliphatic heterocycles. The summed E-state index contributed by atoms with van der Waals surface area (Å²) in [6, 6.07) is 19.2. The van der Waals surface area contributed by atoms with Gasteiger partial charge in [-0.05, 0) is 82.1 Å². The molecule has 0 spiro atoms. The smallest absolute Gasteiger partial charge is 0.332 e. The van der Waals surface area contributed by atoms with Gasteiger partial charge in [0.15, 0.2) is 5.54 Å². The van der Waals surface area contributed by atoms with E-state index >= 15 is 0 Å². The quantitative estimate of drug-likeness (QED) is 0.0664. The molecule has 268 valence electrons. The highest BCUT2D eigenvalue weighted by molar-refractivity contribution is 5.84. The molecule has 0 radical (unpaired) electrons. The number of aromatic nitrogens is 2. The second-order valence-electron chi connectivity index (χ2n) is 13.1. The molecule has 0 aliphatic rings. The highest BCUT2D eigenvalue weighted by Gasteiger charge is 2.33. The lowest BCUT2D eigenvalue weighted by molar-refractivity contribution is -0.149. The van der Waals surface area contributed by atoms with E-state index in [1.165, 1.54) is 51.4 Å². The Morgan fingerprint density at radius 2 is 1.14 bits per heavy atom. The van der Waals surface area contributed by atoms with Crippen LogP contribution in [0.3, 0.4) is 0 Å². The molecule has 0 saturated heterocycles. The van der Waals surface area contributed by atoms with Crippen molar-refractivity contribution in [3.63, 3.8) is 0 Å². The van der Waals surface area contributed by atoms with Crippen LogP contribution >= 0.6 is 0 Å². The van der Waals surface area contributed by atoms with E-state index in [1.54, 1.807) is 26.8 Å². The summed E-state index contributed by atoms with van der Waals surface area (Å²) in [6.45, 7) is 11.2. The number of nitrogens with two attached hydrogens (primary N) is 2. The number of carbonyl (C=O) groups is 1. The maximum atomic E-state index is 12.1. The number of benzene rings is 2. The topological polar surface area (TPSA) is 143 Å². The lowest BCUT2D eigenvalue weighted by atomic mass is 9.98. The number of aliphatic hydroxyl groups excluding tert-OH is 1. The number of rotatable bonds is 19. The third-order valence-electron chi connectivity index (χ3n) is 8.50. The molecule has 0 saturated carbocycles. The fourth-order valence-electron chi connectivity index (χ4n) is 5.25. The van der Waals surface area contributed by atoms with Crippen molar-refractivity contribution in [1.29, 1.82) is 0 Å². The Balaban J connectivity index is 0.000000267. The van der Waals surface area contributed by atoms with Crippen LogP contribution in [0.15, 0.2) is 60.7 Å². The SMILES string of the molecule is CCCCCCCOc1ccc2nc(C(C)(N)C(=O)OCC)ccc2c1.CCCCCCCOc1ccc2nc(C(C)(N)CO)ccc2c1. The van der Waals surface area contributed by atoms with Crippen molar-refractivity contribution in [3.05, 3.63) is 72.1 Å². The highest BCUT2D eigenvalue weighted by atomic mass is 16.5. The van der Waals surface area contributed by atoms with Gasteiger partial charge < -0.3 is 30.8 Å². The number of nitrogens with zero attached hydrogens (tertiary/aromatic N) is 2. The monoisotopic (exact) mass is 674 g/mol. The molecule has 5 N–H and O–H groups in total. The molecule has 49 heavy (non-hydrogen) atoms. The molecular formula is C40H58N4O5. The fraction of sp³-hybridized carbons (Fsp3) is 0.525. The van der Waals surface area contributed by atoms with Gasteiger partial charge in [0.2, 0.25) is 0 Å². The standard InChI is InChI=1S/C21H30N2O3.C19H28N2O2/c1-4-6-7-8-9-14-26-17-11-12-18-16(15-17)10-13-19(23-18)21(3,22)20(24)25-5-2;1-3-4-5-6-7-12-23-16-9-10-17-15(13-16)8-11-18(21-17)19(2,20)14-22/h10-13,15H,4-9,14,22H2,1-3H3;8-11,13,22H,3-7,12,14,20H2,1-2H3. The molecule has 0 aliphatic carbocycles. The maximum Gasteiger partial charge on any atom is 0.332 e. The second-order valence-corrected chi connectivity index (χ2v) is 13.1. The van der Waals surface area contributed by atoms with Gasteiger partial charge in [-0.15, -0.1) is 0 Å². The minimum atomic E-state index is -1.27. The van der Waals surface area contributed by atoms with Gasteiger partial charge in [-0.2, -0.15) is 0 Å². The summed E-state index contributed by atoms with van der Waals surface area (Å²) in [6.07, 6.45) is 12.2. The first-order chi connectivity index (χ1) is 23.5. The number of unbranched alkanes of at least 4 members (excludes halogenated alkanes) is 8. The number of aliphatic hydroxyl groups is 1. The summed E-state index contributed by atoms with van der Waals surface area (Å²) >= 11 is 0. The van der Waals surface area contributed by atoms with Crippen LogP contribution in [0, 0.1) is 0 Å². The lowest BCUT2D eigenvalue weighted by Gasteiger charge is -2.22. The summed E-state index contributed by atoms with van der Waals surface area (Å²) in [7, 11) is 0. The van der Waals surface area contributed by atoms with E-state index in [9.17, 15) is 9.90 Å². The van der Waals surface area contributed by atoms with Crippen molar-refractivity contribution in [3.8, 4) is 11.5 Å². The molecule has 2 aromatic carbocycles. The van der Waals surface area contributed by atoms with Crippen LogP contribution in [-0.2, 0) is 20.6 Å². The normalized spacial score (nSPS) is 13.6. The van der Waals surface area contributed by atoms with E-state index in [0.29, 0.717) is 18.0 Å². The van der Waals surface area contributed by atoms with Crippen LogP contribution in [0.4, 0.5) is 0 Å². The van der Waals surface area contributed by atoms with Crippen molar-refractivity contribution in [1.82, 2.24) is 9.97 Å². The van der Waals surface area contributed by atoms with Crippen molar-refractivity contribution in [2.45, 2.75) is 110 Å². The summed E-state index contributed by atoms with van der Waals surface area (Å²) in [5, 5.41) is 11.3. The van der Waals surface area contributed by atoms with Crippen LogP contribution in [-0.4, -0.2) is 47.5 Å². The van der Waals surface area contributed by atoms with Crippen LogP contribution in [0.2, 0.25) is 0 Å². The molecule has 2 heterocycles. The Bertz CT molecular complexity index is 1590. The van der Waals surface area contributed by atoms with Gasteiger partial charge in [-0.25, -0.2) is 4.79 Å². The summed E-state index contributed by atoms with van der Waals surface area (Å²) in [5.41, 5.74) is 12.9. The minimum Gasteiger partial charge on any atom is -0.494 e. The number of ether oxygens (including phenoxy) is 3. The number of pyridine rings is 2. The number of carbonyl (C=O) groups excluding carboxylic acids is 1. The Kier molecular flexibility index (Phi) is 16.2. The van der Waals surface area contributed by atoms with E-state index in [-0.39, 0.29) is 6.61 Å². The molecular weight excluding hydrogens is 616 g/mol. The maximum absolute atomic E-state index is 12.1. The van der Waals surface area contributed by atoms with E-state index in [1.807, 2.05) is 54.6 Å². The zero-order chi connectivity index (χ0) is 35.7. The van der Waals surface area contributed by atoms with E-state index in [4.69, 9.17) is 25.7 Å². The van der Waals surface area contributed by atoms with Gasteiger partial charge in [0, 0.05) is 10.8 Å². The summed E-state index contributed by atoms with van der Waals surface area (Å²) in [5.74, 6) is 1.23. The van der Waals surface area contributed by atoms with Crippen LogP contribution in [0.5, 0.6) is 11.5 Å². The van der Waals surface area contributed by atoms with Crippen LogP contribution in [0.25, 0.3) is 21.8 Å². The van der Waals surface area contributed by atoms with Crippen molar-refractivity contribution in [2.24, 2.45) is 11.5 Å². The average molecular weight is 675 g/mol. The molecule has 2 unspecified atom stereocenters. The summed E-state index contributed by atoms with van der Waals surface area (Å²) < 4.78 is 16.7. The third kappa shape index (κ3) is 12.2. The highest BCUT2D eigenvalue weighted by Crippen LogP contribution is 2.25. The van der Waals surface area contributed by atoms with Crippen molar-refractivity contribution >= 4 is 27.8 Å². The van der Waals surface area contributed by atoms with E-state index in [2.05, 4.69) is 23.8 Å². The Hall–Kier alpha value is -3.79. The lowest BCUT2D eigenvalue weighted by Crippen LogP contribution is -2.43. The number of hydrogen-bond donors (Lipinski definition) is 3. The predicted molar refractivity (Wildman–Crippen MR) is 199 cm³/mol. The Labute approximate surface area is 292 Å². The van der Waals surface area contributed by atoms with Crippen LogP contribution in [0.1, 0.15) is 110 Å². The first-order valence-corrected chi connectivity index (χ1v) is 18.0. The molecule has 0 amide bonds. The van der Waals surface area contributed by atoms with Gasteiger partial charge in [0.1, 0.15) is 11.5 Å². The minimum absolute atomic E-state index is 0.134. The molecule has 9 heteroatoms. The number of esters is 1. The third-order valence-corrected chi connectivity index (χ3v) is 8.50. The Morgan fingerprint density at radius 1 is 0.673 bits per heavy atom. The summed E-state index contributed by atoms with van der Waals surface area (Å²) in [4.78, 5) is 21.1. The molecule has 2 aromatic heterocycles. The van der Waals surface area contributed by atoms with Gasteiger partial charge in [0.05, 0.1) is 54.4 Å². The molecule has 2 atom stereocenters. The number of fused-ring (bicyclic) bond motifs is 2. The van der Waals surface area contributed by atoms with Gasteiger partial charge in [-0.1, -0.05) is 77.3 Å². The molecule has 0 fully saturated rings. The molecule has 4 aromatic rings.